The first kappa shape index (κ1) is 14.4. The Morgan fingerprint density at radius 1 is 1.18 bits per heavy atom. The number of benzene rings is 1. The highest BCUT2D eigenvalue weighted by atomic mass is 16.2. The van der Waals surface area contributed by atoms with Crippen LogP contribution in [0, 0.1) is 0 Å². The molecule has 0 unspecified atom stereocenters. The van der Waals surface area contributed by atoms with Crippen LogP contribution in [0.5, 0.6) is 0 Å². The van der Waals surface area contributed by atoms with Crippen molar-refractivity contribution in [1.82, 2.24) is 4.98 Å². The zero-order valence-corrected chi connectivity index (χ0v) is 12.7. The van der Waals surface area contributed by atoms with Gasteiger partial charge in [0.25, 0.3) is 5.91 Å². The van der Waals surface area contributed by atoms with Crippen LogP contribution in [-0.2, 0) is 11.2 Å². The lowest BCUT2D eigenvalue weighted by Gasteiger charge is -2.12. The summed E-state index contributed by atoms with van der Waals surface area (Å²) in [7, 11) is 0. The first-order valence-electron chi connectivity index (χ1n) is 7.67. The molecule has 2 aromatic rings. The smallest absolute Gasteiger partial charge is 0.253 e. The second-order valence-corrected chi connectivity index (χ2v) is 5.44. The summed E-state index contributed by atoms with van der Waals surface area (Å²) in [5.74, 6) is 0.000149. The Hall–Kier alpha value is -2.49. The van der Waals surface area contributed by atoms with Crippen molar-refractivity contribution in [3.05, 3.63) is 59.9 Å². The van der Waals surface area contributed by atoms with Crippen LogP contribution in [-0.4, -0.2) is 16.6 Å². The lowest BCUT2D eigenvalue weighted by molar-refractivity contribution is -0.116. The molecule has 1 aromatic heterocycles. The van der Waals surface area contributed by atoms with Gasteiger partial charge in [0.15, 0.2) is 0 Å². The van der Waals surface area contributed by atoms with E-state index in [1.54, 1.807) is 12.4 Å². The van der Waals surface area contributed by atoms with Crippen molar-refractivity contribution in [3.63, 3.8) is 0 Å². The second-order valence-electron chi connectivity index (χ2n) is 5.44. The fraction of sp³-hybridized carbons (Fsp3) is 0.278. The standard InChI is InChI=1S/C18H19N3O/c1-2-3-5-14-7-9-16(10-8-14)21-18(22)12-17(20-21)15-6-4-11-19-13-15/h4,6-11,13H,2-3,5,12H2,1H3. The molecule has 0 fully saturated rings. The monoisotopic (exact) mass is 293 g/mol. The number of carbonyl (C=O) groups is 1. The summed E-state index contributed by atoms with van der Waals surface area (Å²) < 4.78 is 0. The highest BCUT2D eigenvalue weighted by Crippen LogP contribution is 2.23. The number of anilines is 1. The number of hydrogen-bond donors (Lipinski definition) is 0. The van der Waals surface area contributed by atoms with Crippen LogP contribution in [0.15, 0.2) is 53.9 Å². The molecule has 112 valence electrons. The van der Waals surface area contributed by atoms with Gasteiger partial charge in [0.1, 0.15) is 0 Å². The number of carbonyl (C=O) groups excluding carboxylic acids is 1. The van der Waals surface area contributed by atoms with E-state index in [4.69, 9.17) is 0 Å². The van der Waals surface area contributed by atoms with Crippen molar-refractivity contribution < 1.29 is 4.79 Å². The molecule has 4 heteroatoms. The number of amides is 1. The SMILES string of the molecule is CCCCc1ccc(N2N=C(c3cccnc3)CC2=O)cc1. The number of nitrogens with zero attached hydrogens (tertiary/aromatic N) is 3. The number of hydrogen-bond acceptors (Lipinski definition) is 3. The van der Waals surface area contributed by atoms with Crippen LogP contribution in [0.2, 0.25) is 0 Å². The fourth-order valence-electron chi connectivity index (χ4n) is 2.51. The number of aryl methyl sites for hydroxylation is 1. The van der Waals surface area contributed by atoms with Gasteiger partial charge in [-0.1, -0.05) is 25.5 Å². The van der Waals surface area contributed by atoms with E-state index in [0.717, 1.165) is 23.4 Å². The van der Waals surface area contributed by atoms with Crippen molar-refractivity contribution in [2.45, 2.75) is 32.6 Å². The van der Waals surface area contributed by atoms with Crippen molar-refractivity contribution in [1.29, 1.82) is 0 Å². The minimum absolute atomic E-state index is 0.000149. The molecule has 22 heavy (non-hydrogen) atoms. The number of hydrazone groups is 1. The molecule has 0 bridgehead atoms. The summed E-state index contributed by atoms with van der Waals surface area (Å²) in [6.07, 6.45) is 7.23. The molecule has 0 saturated carbocycles. The summed E-state index contributed by atoms with van der Waals surface area (Å²) in [6, 6.07) is 11.9. The van der Waals surface area contributed by atoms with Crippen LogP contribution < -0.4 is 5.01 Å². The number of aromatic nitrogens is 1. The maximum Gasteiger partial charge on any atom is 0.253 e. The Morgan fingerprint density at radius 2 is 2.00 bits per heavy atom. The molecule has 3 rings (SSSR count). The van der Waals surface area contributed by atoms with E-state index in [0.29, 0.717) is 6.42 Å². The van der Waals surface area contributed by atoms with Crippen LogP contribution >= 0.6 is 0 Å². The zero-order chi connectivity index (χ0) is 15.4. The van der Waals surface area contributed by atoms with Crippen LogP contribution in [0.4, 0.5) is 5.69 Å². The largest absolute Gasteiger partial charge is 0.272 e. The molecular formula is C18H19N3O. The van der Waals surface area contributed by atoms with Gasteiger partial charge in [-0.05, 0) is 42.7 Å². The Morgan fingerprint density at radius 3 is 2.68 bits per heavy atom. The highest BCUT2D eigenvalue weighted by Gasteiger charge is 2.26. The molecule has 4 nitrogen and oxygen atoms in total. The Balaban J connectivity index is 1.79. The third-order valence-electron chi connectivity index (χ3n) is 3.77. The molecule has 0 N–H and O–H groups in total. The minimum Gasteiger partial charge on any atom is -0.272 e. The summed E-state index contributed by atoms with van der Waals surface area (Å²) >= 11 is 0. The van der Waals surface area contributed by atoms with Gasteiger partial charge in [0.2, 0.25) is 0 Å². The first-order valence-corrected chi connectivity index (χ1v) is 7.67. The van der Waals surface area contributed by atoms with E-state index in [1.165, 1.54) is 23.4 Å². The quantitative estimate of drug-likeness (QED) is 0.846. The van der Waals surface area contributed by atoms with E-state index >= 15 is 0 Å². The maximum atomic E-state index is 12.2. The Labute approximate surface area is 130 Å². The van der Waals surface area contributed by atoms with E-state index in [1.807, 2.05) is 24.3 Å². The predicted molar refractivity (Wildman–Crippen MR) is 87.9 cm³/mol. The zero-order valence-electron chi connectivity index (χ0n) is 12.7. The maximum absolute atomic E-state index is 12.2. The molecule has 2 heterocycles. The lowest BCUT2D eigenvalue weighted by Crippen LogP contribution is -2.19. The lowest BCUT2D eigenvalue weighted by atomic mass is 10.1. The topological polar surface area (TPSA) is 45.6 Å². The van der Waals surface area contributed by atoms with E-state index in [9.17, 15) is 4.79 Å². The minimum atomic E-state index is 0.000149. The third-order valence-corrected chi connectivity index (χ3v) is 3.77. The molecule has 0 radical (unpaired) electrons. The number of pyridine rings is 1. The summed E-state index contributed by atoms with van der Waals surface area (Å²) in [5.41, 5.74) is 3.80. The van der Waals surface area contributed by atoms with Gasteiger partial charge in [-0.25, -0.2) is 5.01 Å². The van der Waals surface area contributed by atoms with Gasteiger partial charge in [-0.2, -0.15) is 5.10 Å². The van der Waals surface area contributed by atoms with E-state index in [-0.39, 0.29) is 5.91 Å². The number of rotatable bonds is 5. The number of unbranched alkanes of at least 4 members (excludes halogenated alkanes) is 1. The van der Waals surface area contributed by atoms with Crippen molar-refractivity contribution in [2.24, 2.45) is 5.10 Å². The molecule has 1 amide bonds. The first-order chi connectivity index (χ1) is 10.8. The van der Waals surface area contributed by atoms with Gasteiger partial charge in [-0.3, -0.25) is 9.78 Å². The van der Waals surface area contributed by atoms with E-state index < -0.39 is 0 Å². The summed E-state index contributed by atoms with van der Waals surface area (Å²) in [5, 5.41) is 5.95. The molecule has 0 aliphatic carbocycles. The van der Waals surface area contributed by atoms with Gasteiger partial charge >= 0.3 is 0 Å². The third kappa shape index (κ3) is 3.06. The fourth-order valence-corrected chi connectivity index (χ4v) is 2.51. The van der Waals surface area contributed by atoms with Gasteiger partial charge in [0, 0.05) is 18.0 Å². The van der Waals surface area contributed by atoms with Gasteiger partial charge < -0.3 is 0 Å². The Kier molecular flexibility index (Phi) is 4.28. The normalized spacial score (nSPS) is 14.3. The summed E-state index contributed by atoms with van der Waals surface area (Å²) in [6.45, 7) is 2.19. The van der Waals surface area contributed by atoms with Crippen LogP contribution in [0.25, 0.3) is 0 Å². The molecule has 1 aliphatic rings. The molecule has 0 atom stereocenters. The van der Waals surface area contributed by atoms with E-state index in [2.05, 4.69) is 29.1 Å². The molecule has 1 aromatic carbocycles. The van der Waals surface area contributed by atoms with Gasteiger partial charge in [-0.15, -0.1) is 0 Å². The average Bonchev–Trinajstić information content (AvgIpc) is 2.96. The second kappa shape index (κ2) is 6.52. The van der Waals surface area contributed by atoms with Crippen molar-refractivity contribution in [2.75, 3.05) is 5.01 Å². The van der Waals surface area contributed by atoms with Gasteiger partial charge in [0.05, 0.1) is 17.8 Å². The summed E-state index contributed by atoms with van der Waals surface area (Å²) in [4.78, 5) is 16.3. The molecule has 0 saturated heterocycles. The Bertz CT molecular complexity index is 677. The molecule has 0 spiro atoms. The molecular weight excluding hydrogens is 274 g/mol. The average molecular weight is 293 g/mol. The predicted octanol–water partition coefficient (Wildman–Crippen LogP) is 3.57. The van der Waals surface area contributed by atoms with Crippen LogP contribution in [0.3, 0.4) is 0 Å². The van der Waals surface area contributed by atoms with Crippen molar-refractivity contribution in [3.8, 4) is 0 Å². The van der Waals surface area contributed by atoms with Crippen molar-refractivity contribution >= 4 is 17.3 Å². The van der Waals surface area contributed by atoms with Crippen LogP contribution in [0.1, 0.15) is 37.3 Å². The highest BCUT2D eigenvalue weighted by molar-refractivity contribution is 6.19. The molecule has 1 aliphatic heterocycles.